The number of aromatic hydroxyl groups is 1. The van der Waals surface area contributed by atoms with E-state index in [0.29, 0.717) is 59.6 Å². The molecule has 6 atom stereocenters. The minimum Gasteiger partial charge on any atom is -0.508 e. The first kappa shape index (κ1) is 54.7. The number of amides is 2. The topological polar surface area (TPSA) is 208 Å². The maximum Gasteiger partial charge on any atom is 0.319 e. The van der Waals surface area contributed by atoms with E-state index in [0.717, 1.165) is 116 Å². The average Bonchev–Trinajstić information content (AvgIpc) is 4.29. The van der Waals surface area contributed by atoms with Crippen LogP contribution in [0.5, 0.6) is 17.6 Å². The summed E-state index contributed by atoms with van der Waals surface area (Å²) in [5, 5.41) is 34.7. The number of carbonyl (C=O) groups excluding carboxylic acids is 2. The van der Waals surface area contributed by atoms with Crippen LogP contribution in [-0.2, 0) is 16.0 Å². The second-order valence-corrected chi connectivity index (χ2v) is 24.2. The number of piperazine rings is 1. The van der Waals surface area contributed by atoms with E-state index in [1.807, 2.05) is 75.7 Å². The molecule has 2 bridgehead atoms. The molecular weight excluding hydrogens is 1050 g/mol. The summed E-state index contributed by atoms with van der Waals surface area (Å²) < 4.78 is 35.5. The molecule has 426 valence electrons. The maximum absolute atomic E-state index is 17.1. The molecule has 9 heterocycles. The van der Waals surface area contributed by atoms with Crippen LogP contribution < -0.4 is 25.0 Å². The number of carbonyl (C=O) groups is 2. The highest BCUT2D eigenvalue weighted by Gasteiger charge is 2.44. The summed E-state index contributed by atoms with van der Waals surface area (Å²) in [4.78, 5) is 56.5. The van der Waals surface area contributed by atoms with Crippen molar-refractivity contribution in [2.45, 2.75) is 115 Å². The Morgan fingerprint density at radius 2 is 1.73 bits per heavy atom. The number of phenols is 1. The zero-order valence-electron chi connectivity index (χ0n) is 46.7. The lowest BCUT2D eigenvalue weighted by atomic mass is 9.91. The van der Waals surface area contributed by atoms with E-state index in [-0.39, 0.29) is 65.8 Å². The molecule has 18 nitrogen and oxygen atoms in total. The number of ether oxygens (including phenoxy) is 2. The van der Waals surface area contributed by atoms with E-state index < -0.39 is 23.9 Å². The highest BCUT2D eigenvalue weighted by atomic mass is 32.1. The maximum atomic E-state index is 17.1. The number of halogens is 1. The van der Waals surface area contributed by atoms with E-state index in [4.69, 9.17) is 28.9 Å². The standard InChI is InChI=1S/C61H72FN11O7S/c1-6-38-8-7-9-41-22-44(74)23-47(53(38)41)55-54(62)56-48(26-63-55)58(72-28-42-14-15-43(29-72)66-42)68-61(67-56)78-21-20-70-18-16-37(17-19-70)27-71-31-46(32-71)79-51-25-50(80-69-51)52(34(2)3)60(77)73-30-45(75)24-49(73)59(76)65-35(4)39-10-12-40(13-11-39)57-36(5)64-33-81-57/h7-13,22-23,25-26,33-35,37,42-43,45-46,49,52,66,74-75H,6,14-21,24,27-32H2,1-5H3,(H,65,76)/t35-,42?,43?,45+,49-,52+/m0/s1. The van der Waals surface area contributed by atoms with Crippen molar-refractivity contribution in [2.24, 2.45) is 11.8 Å². The van der Waals surface area contributed by atoms with Gasteiger partial charge in [0, 0.05) is 82.1 Å². The minimum atomic E-state index is -0.837. The van der Waals surface area contributed by atoms with Gasteiger partial charge in [0.15, 0.2) is 11.6 Å². The third-order valence-corrected chi connectivity index (χ3v) is 18.3. The molecule has 0 spiro atoms. The van der Waals surface area contributed by atoms with Gasteiger partial charge < -0.3 is 44.6 Å². The Kier molecular flexibility index (Phi) is 15.7. The number of nitrogens with one attached hydrogen (secondary N) is 2. The van der Waals surface area contributed by atoms with Gasteiger partial charge in [0.1, 0.15) is 47.4 Å². The summed E-state index contributed by atoms with van der Waals surface area (Å²) in [7, 11) is 0. The summed E-state index contributed by atoms with van der Waals surface area (Å²) in [6.45, 7) is 16.7. The molecule has 4 N–H and O–H groups in total. The summed E-state index contributed by atoms with van der Waals surface area (Å²) >= 11 is 1.59. The molecule has 2 amide bonds. The van der Waals surface area contributed by atoms with Crippen molar-refractivity contribution in [1.82, 2.24) is 50.4 Å². The van der Waals surface area contributed by atoms with Crippen molar-refractivity contribution in [1.29, 1.82) is 0 Å². The minimum absolute atomic E-state index is 0.0411. The van der Waals surface area contributed by atoms with Gasteiger partial charge in [-0.25, -0.2) is 9.37 Å². The quantitative estimate of drug-likeness (QED) is 0.0641. The smallest absolute Gasteiger partial charge is 0.319 e. The fraction of sp³-hybridized carbons (Fsp3) is 0.492. The van der Waals surface area contributed by atoms with Crippen LogP contribution in [0.25, 0.3) is 43.4 Å². The molecule has 0 aliphatic carbocycles. The number of pyridine rings is 1. The van der Waals surface area contributed by atoms with Crippen molar-refractivity contribution in [3.05, 3.63) is 101 Å². The van der Waals surface area contributed by atoms with Gasteiger partial charge in [-0.3, -0.25) is 24.4 Å². The van der Waals surface area contributed by atoms with Gasteiger partial charge in [-0.15, -0.1) is 11.3 Å². The Morgan fingerprint density at radius 3 is 2.46 bits per heavy atom. The molecular formula is C61H72FN11O7S. The number of aryl methyl sites for hydroxylation is 2. The number of aliphatic hydroxyl groups excluding tert-OH is 1. The second-order valence-electron chi connectivity index (χ2n) is 23.3. The first-order valence-corrected chi connectivity index (χ1v) is 29.7. The number of β-amino-alcohol motifs (C(OH)–C–C–N with tert-alkyl or cyclic N) is 1. The van der Waals surface area contributed by atoms with Gasteiger partial charge in [0.05, 0.1) is 33.6 Å². The molecule has 5 aliphatic heterocycles. The monoisotopic (exact) mass is 1120 g/mol. The van der Waals surface area contributed by atoms with E-state index in [2.05, 4.69) is 42.4 Å². The van der Waals surface area contributed by atoms with Crippen molar-refractivity contribution in [2.75, 3.05) is 70.4 Å². The first-order valence-electron chi connectivity index (χ1n) is 28.9. The fourth-order valence-corrected chi connectivity index (χ4v) is 13.8. The number of rotatable bonds is 18. The Bertz CT molecular complexity index is 3410. The summed E-state index contributed by atoms with van der Waals surface area (Å²) in [5.74, 6) is -0.202. The van der Waals surface area contributed by atoms with Crippen molar-refractivity contribution >= 4 is 50.6 Å². The third-order valence-electron chi connectivity index (χ3n) is 17.3. The van der Waals surface area contributed by atoms with E-state index in [9.17, 15) is 19.8 Å². The summed E-state index contributed by atoms with van der Waals surface area (Å²) in [5.41, 5.74) is 6.64. The van der Waals surface area contributed by atoms with Gasteiger partial charge in [0.2, 0.25) is 11.8 Å². The third kappa shape index (κ3) is 11.4. The van der Waals surface area contributed by atoms with Crippen LogP contribution in [0, 0.1) is 24.6 Å². The number of nitrogens with zero attached hydrogens (tertiary/aromatic N) is 9. The van der Waals surface area contributed by atoms with Gasteiger partial charge in [-0.1, -0.05) is 63.2 Å². The van der Waals surface area contributed by atoms with Crippen molar-refractivity contribution in [3.63, 3.8) is 0 Å². The van der Waals surface area contributed by atoms with Gasteiger partial charge in [0.25, 0.3) is 5.88 Å². The number of hydrogen-bond acceptors (Lipinski definition) is 17. The normalized spacial score (nSPS) is 21.7. The summed E-state index contributed by atoms with van der Waals surface area (Å²) in [6.07, 6.45) is 5.91. The molecule has 5 saturated heterocycles. The molecule has 20 heteroatoms. The highest BCUT2D eigenvalue weighted by Crippen LogP contribution is 2.40. The van der Waals surface area contributed by atoms with Gasteiger partial charge >= 0.3 is 6.01 Å². The van der Waals surface area contributed by atoms with Crippen LogP contribution in [0.4, 0.5) is 10.2 Å². The molecule has 0 radical (unpaired) electrons. The zero-order chi connectivity index (χ0) is 56.1. The van der Waals surface area contributed by atoms with E-state index >= 15 is 4.39 Å². The molecule has 12 rings (SSSR count). The predicted molar refractivity (Wildman–Crippen MR) is 308 cm³/mol. The second kappa shape index (κ2) is 23.2. The summed E-state index contributed by atoms with van der Waals surface area (Å²) in [6, 6.07) is 18.6. The number of piperidine rings is 1. The van der Waals surface area contributed by atoms with Gasteiger partial charge in [-0.05, 0) is 116 Å². The lowest BCUT2D eigenvalue weighted by Gasteiger charge is -2.42. The number of anilines is 1. The van der Waals surface area contributed by atoms with Crippen LogP contribution in [0.1, 0.15) is 94.3 Å². The Balaban J connectivity index is 0.625. The molecule has 4 aromatic heterocycles. The molecule has 3 aromatic carbocycles. The largest absolute Gasteiger partial charge is 0.508 e. The lowest BCUT2D eigenvalue weighted by Crippen LogP contribution is -2.55. The predicted octanol–water partition coefficient (Wildman–Crippen LogP) is 8.05. The number of hydrogen-bond donors (Lipinski definition) is 4. The lowest BCUT2D eigenvalue weighted by molar-refractivity contribution is -0.141. The Hall–Kier alpha value is -6.84. The average molecular weight is 1120 g/mol. The Labute approximate surface area is 475 Å². The van der Waals surface area contributed by atoms with Gasteiger partial charge in [-0.2, -0.15) is 9.97 Å². The number of benzene rings is 3. The number of fused-ring (bicyclic) bond motifs is 4. The molecule has 81 heavy (non-hydrogen) atoms. The van der Waals surface area contributed by atoms with Crippen LogP contribution in [0.3, 0.4) is 0 Å². The molecule has 7 aromatic rings. The SMILES string of the molecule is CCc1cccc2cc(O)cc(-c3ncc4c(N5CC6CCC(C5)N6)nc(OCCN5CCC(CN6CC(Oc7cc([C@H](C(=O)N8C[C@H](O)C[C@H]8C(=O)N[C@@H](C)c8ccc(-c9scnc9C)cc8)C(C)C)on7)C6)CC5)nc4c3F)c12. The van der Waals surface area contributed by atoms with Crippen molar-refractivity contribution in [3.8, 4) is 39.3 Å². The van der Waals surface area contributed by atoms with Crippen LogP contribution in [0.15, 0.2) is 76.9 Å². The van der Waals surface area contributed by atoms with Crippen LogP contribution in [-0.4, -0.2) is 158 Å². The van der Waals surface area contributed by atoms with E-state index in [1.54, 1.807) is 35.7 Å². The molecule has 5 fully saturated rings. The number of phenolic OH excluding ortho intramolecular Hbond substituents is 1. The highest BCUT2D eigenvalue weighted by molar-refractivity contribution is 7.13. The molecule has 2 unspecified atom stereocenters. The number of likely N-dealkylation sites (tertiary alicyclic amines) is 3. The van der Waals surface area contributed by atoms with Crippen molar-refractivity contribution < 1.29 is 38.2 Å². The number of aliphatic hydroxyl groups is 1. The fourth-order valence-electron chi connectivity index (χ4n) is 13.0. The van der Waals surface area contributed by atoms with Crippen LogP contribution in [0.2, 0.25) is 0 Å². The molecule has 5 aliphatic rings. The zero-order valence-corrected chi connectivity index (χ0v) is 47.5. The van der Waals surface area contributed by atoms with Crippen LogP contribution >= 0.6 is 11.3 Å². The number of aromatic nitrogens is 5. The number of thiazole rings is 1. The Morgan fingerprint density at radius 1 is 0.951 bits per heavy atom. The molecule has 0 saturated carbocycles. The van der Waals surface area contributed by atoms with E-state index in [1.165, 1.54) is 4.90 Å². The first-order chi connectivity index (χ1) is 39.2.